The Hall–Kier alpha value is -3.09. The molecular weight excluding hydrogens is 354 g/mol. The van der Waals surface area contributed by atoms with Gasteiger partial charge in [0.1, 0.15) is 5.82 Å². The van der Waals surface area contributed by atoms with Gasteiger partial charge in [0.15, 0.2) is 0 Å². The Labute approximate surface area is 165 Å². The van der Waals surface area contributed by atoms with Crippen molar-refractivity contribution in [3.05, 3.63) is 47.7 Å². The van der Waals surface area contributed by atoms with Gasteiger partial charge < -0.3 is 20.9 Å². The lowest BCUT2D eigenvalue weighted by molar-refractivity contribution is -0.125. The molecule has 2 heterocycles. The third-order valence-electron chi connectivity index (χ3n) is 4.92. The topological polar surface area (TPSA) is 86.4 Å². The second-order valence-electron chi connectivity index (χ2n) is 7.24. The Bertz CT molecular complexity index is 822. The van der Waals surface area contributed by atoms with E-state index in [-0.39, 0.29) is 17.9 Å². The molecule has 0 saturated carbocycles. The van der Waals surface area contributed by atoms with Gasteiger partial charge in [-0.1, -0.05) is 6.07 Å². The SMILES string of the molecule is CNC(=O)C1CCN(c2ccc(NC(=O)Nc3cc(C)cc(C)c3)cn2)CC1. The number of aryl methyl sites for hydroxylation is 2. The van der Waals surface area contributed by atoms with Crippen LogP contribution in [0.4, 0.5) is 22.0 Å². The van der Waals surface area contributed by atoms with E-state index in [9.17, 15) is 9.59 Å². The third-order valence-corrected chi connectivity index (χ3v) is 4.92. The smallest absolute Gasteiger partial charge is 0.323 e. The number of nitrogens with one attached hydrogen (secondary N) is 3. The van der Waals surface area contributed by atoms with Gasteiger partial charge in [0.2, 0.25) is 5.91 Å². The van der Waals surface area contributed by atoms with Crippen molar-refractivity contribution < 1.29 is 9.59 Å². The van der Waals surface area contributed by atoms with Crippen LogP contribution in [0.25, 0.3) is 0 Å². The zero-order valence-electron chi connectivity index (χ0n) is 16.6. The molecule has 7 heteroatoms. The van der Waals surface area contributed by atoms with Crippen molar-refractivity contribution in [3.63, 3.8) is 0 Å². The standard InChI is InChI=1S/C21H27N5O2/c1-14-10-15(2)12-18(11-14)25-21(28)24-17-4-5-19(23-13-17)26-8-6-16(7-9-26)20(27)22-3/h4-5,10-13,16H,6-9H2,1-3H3,(H,22,27)(H2,24,25,28). The van der Waals surface area contributed by atoms with E-state index in [0.717, 1.165) is 48.6 Å². The Morgan fingerprint density at radius 2 is 1.64 bits per heavy atom. The first kappa shape index (κ1) is 19.7. The molecule has 0 aliphatic carbocycles. The maximum absolute atomic E-state index is 12.2. The number of nitrogens with zero attached hydrogens (tertiary/aromatic N) is 2. The van der Waals surface area contributed by atoms with Gasteiger partial charge >= 0.3 is 6.03 Å². The average Bonchev–Trinajstić information content (AvgIpc) is 2.67. The van der Waals surface area contributed by atoms with Crippen molar-refractivity contribution in [2.75, 3.05) is 35.7 Å². The van der Waals surface area contributed by atoms with Gasteiger partial charge in [0, 0.05) is 31.7 Å². The van der Waals surface area contributed by atoms with Crippen LogP contribution in [0.5, 0.6) is 0 Å². The number of hydrogen-bond donors (Lipinski definition) is 3. The van der Waals surface area contributed by atoms with Gasteiger partial charge in [0.05, 0.1) is 11.9 Å². The summed E-state index contributed by atoms with van der Waals surface area (Å²) in [4.78, 5) is 30.6. The molecule has 1 aliphatic rings. The molecule has 1 aliphatic heterocycles. The van der Waals surface area contributed by atoms with Gasteiger partial charge in [0.25, 0.3) is 0 Å². The number of rotatable bonds is 4. The number of hydrogen-bond acceptors (Lipinski definition) is 4. The van der Waals surface area contributed by atoms with Crippen molar-refractivity contribution >= 4 is 29.1 Å². The van der Waals surface area contributed by atoms with Crippen molar-refractivity contribution in [1.82, 2.24) is 10.3 Å². The molecule has 3 rings (SSSR count). The molecule has 148 valence electrons. The zero-order chi connectivity index (χ0) is 20.1. The number of piperidine rings is 1. The molecule has 28 heavy (non-hydrogen) atoms. The van der Waals surface area contributed by atoms with Crippen molar-refractivity contribution in [3.8, 4) is 0 Å². The van der Waals surface area contributed by atoms with E-state index in [0.29, 0.717) is 5.69 Å². The van der Waals surface area contributed by atoms with Gasteiger partial charge in [-0.15, -0.1) is 0 Å². The molecule has 0 spiro atoms. The number of benzene rings is 1. The molecular formula is C21H27N5O2. The lowest BCUT2D eigenvalue weighted by Gasteiger charge is -2.32. The van der Waals surface area contributed by atoms with Crippen molar-refractivity contribution in [1.29, 1.82) is 0 Å². The molecule has 0 unspecified atom stereocenters. The van der Waals surface area contributed by atoms with E-state index in [1.54, 1.807) is 13.2 Å². The predicted octanol–water partition coefficient (Wildman–Crippen LogP) is 3.30. The minimum atomic E-state index is -0.300. The first-order valence-corrected chi connectivity index (χ1v) is 9.53. The maximum atomic E-state index is 12.2. The monoisotopic (exact) mass is 381 g/mol. The molecule has 0 atom stereocenters. The minimum Gasteiger partial charge on any atom is -0.359 e. The zero-order valence-corrected chi connectivity index (χ0v) is 16.6. The van der Waals surface area contributed by atoms with E-state index in [2.05, 4.69) is 31.9 Å². The molecule has 1 fully saturated rings. The van der Waals surface area contributed by atoms with Gasteiger partial charge in [-0.25, -0.2) is 9.78 Å². The number of aromatic nitrogens is 1. The summed E-state index contributed by atoms with van der Waals surface area (Å²) in [5.41, 5.74) is 3.59. The van der Waals surface area contributed by atoms with Crippen LogP contribution < -0.4 is 20.9 Å². The lowest BCUT2D eigenvalue weighted by atomic mass is 9.96. The Balaban J connectivity index is 1.54. The Morgan fingerprint density at radius 3 is 2.21 bits per heavy atom. The normalized spacial score (nSPS) is 14.5. The fourth-order valence-corrected chi connectivity index (χ4v) is 3.56. The quantitative estimate of drug-likeness (QED) is 0.758. The van der Waals surface area contributed by atoms with E-state index in [1.165, 1.54) is 0 Å². The second kappa shape index (κ2) is 8.73. The summed E-state index contributed by atoms with van der Waals surface area (Å²) >= 11 is 0. The lowest BCUT2D eigenvalue weighted by Crippen LogP contribution is -2.39. The van der Waals surface area contributed by atoms with Crippen LogP contribution in [0.3, 0.4) is 0 Å². The minimum absolute atomic E-state index is 0.0798. The highest BCUT2D eigenvalue weighted by Crippen LogP contribution is 2.23. The van der Waals surface area contributed by atoms with Crippen LogP contribution in [-0.4, -0.2) is 37.1 Å². The molecule has 0 bridgehead atoms. The largest absolute Gasteiger partial charge is 0.359 e. The Kier molecular flexibility index (Phi) is 6.13. The van der Waals surface area contributed by atoms with Gasteiger partial charge in [-0.2, -0.15) is 0 Å². The third kappa shape index (κ3) is 5.00. The number of pyridine rings is 1. The van der Waals surface area contributed by atoms with E-state index < -0.39 is 0 Å². The number of amides is 3. The summed E-state index contributed by atoms with van der Waals surface area (Å²) in [6, 6.07) is 9.35. The maximum Gasteiger partial charge on any atom is 0.323 e. The summed E-state index contributed by atoms with van der Waals surface area (Å²) in [5.74, 6) is 1.05. The number of urea groups is 1. The van der Waals surface area contributed by atoms with E-state index >= 15 is 0 Å². The fraction of sp³-hybridized carbons (Fsp3) is 0.381. The number of carbonyl (C=O) groups excluding carboxylic acids is 2. The molecule has 1 aromatic heterocycles. The number of carbonyl (C=O) groups is 2. The molecule has 1 saturated heterocycles. The van der Waals surface area contributed by atoms with Crippen LogP contribution >= 0.6 is 0 Å². The summed E-state index contributed by atoms with van der Waals surface area (Å²) in [6.45, 7) is 5.59. The second-order valence-corrected chi connectivity index (χ2v) is 7.24. The van der Waals surface area contributed by atoms with Crippen LogP contribution in [0.2, 0.25) is 0 Å². The highest BCUT2D eigenvalue weighted by Gasteiger charge is 2.24. The first-order chi connectivity index (χ1) is 13.4. The average molecular weight is 381 g/mol. The summed E-state index contributed by atoms with van der Waals surface area (Å²) in [7, 11) is 1.68. The first-order valence-electron chi connectivity index (χ1n) is 9.53. The van der Waals surface area contributed by atoms with E-state index in [1.807, 2.05) is 38.1 Å². The molecule has 3 amide bonds. The highest BCUT2D eigenvalue weighted by atomic mass is 16.2. The summed E-state index contributed by atoms with van der Waals surface area (Å²) in [5, 5.41) is 8.37. The van der Waals surface area contributed by atoms with Crippen LogP contribution in [0.15, 0.2) is 36.5 Å². The fourth-order valence-electron chi connectivity index (χ4n) is 3.56. The van der Waals surface area contributed by atoms with Crippen LogP contribution in [0, 0.1) is 19.8 Å². The Morgan fingerprint density at radius 1 is 1.00 bits per heavy atom. The van der Waals surface area contributed by atoms with Crippen molar-refractivity contribution in [2.45, 2.75) is 26.7 Å². The van der Waals surface area contributed by atoms with Crippen molar-refractivity contribution in [2.24, 2.45) is 5.92 Å². The molecule has 3 N–H and O–H groups in total. The van der Waals surface area contributed by atoms with E-state index in [4.69, 9.17) is 0 Å². The van der Waals surface area contributed by atoms with Crippen LogP contribution in [-0.2, 0) is 4.79 Å². The molecule has 2 aromatic rings. The van der Waals surface area contributed by atoms with Gasteiger partial charge in [-0.05, 0) is 62.1 Å². The summed E-state index contributed by atoms with van der Waals surface area (Å²) < 4.78 is 0. The predicted molar refractivity (Wildman–Crippen MR) is 112 cm³/mol. The molecule has 1 aromatic carbocycles. The number of anilines is 3. The summed E-state index contributed by atoms with van der Waals surface area (Å²) in [6.07, 6.45) is 3.29. The molecule has 0 radical (unpaired) electrons. The molecule has 7 nitrogen and oxygen atoms in total. The van der Waals surface area contributed by atoms with Gasteiger partial charge in [-0.3, -0.25) is 4.79 Å². The van der Waals surface area contributed by atoms with Crippen LogP contribution in [0.1, 0.15) is 24.0 Å². The highest BCUT2D eigenvalue weighted by molar-refractivity contribution is 5.99.